The maximum Gasteiger partial charge on any atom is 0.263 e. The van der Waals surface area contributed by atoms with Gasteiger partial charge >= 0.3 is 0 Å². The van der Waals surface area contributed by atoms with Gasteiger partial charge in [-0.1, -0.05) is 6.07 Å². The minimum Gasteiger partial charge on any atom is -0.346 e. The Bertz CT molecular complexity index is 830. The molecule has 3 rings (SSSR count). The zero-order chi connectivity index (χ0) is 14.8. The maximum atomic E-state index is 12.0. The van der Waals surface area contributed by atoms with Gasteiger partial charge < -0.3 is 9.88 Å². The smallest absolute Gasteiger partial charge is 0.263 e. The van der Waals surface area contributed by atoms with Crippen LogP contribution in [0, 0.1) is 0 Å². The number of hydrogen-bond acceptors (Lipinski definition) is 3. The summed E-state index contributed by atoms with van der Waals surface area (Å²) in [6.07, 6.45) is 3.45. The summed E-state index contributed by atoms with van der Waals surface area (Å²) in [5, 5.41) is 7.05. The van der Waals surface area contributed by atoms with Gasteiger partial charge in [0.15, 0.2) is 0 Å². The average Bonchev–Trinajstić information content (AvgIpc) is 2.90. The lowest BCUT2D eigenvalue weighted by Gasteiger charge is -2.04. The van der Waals surface area contributed by atoms with Crippen molar-refractivity contribution in [3.05, 3.63) is 70.4 Å². The van der Waals surface area contributed by atoms with E-state index >= 15 is 0 Å². The zero-order valence-electron chi connectivity index (χ0n) is 11.5. The van der Waals surface area contributed by atoms with Crippen molar-refractivity contribution in [2.75, 3.05) is 0 Å². The molecule has 0 aliphatic rings. The highest BCUT2D eigenvalue weighted by Crippen LogP contribution is 2.05. The van der Waals surface area contributed by atoms with Crippen molar-refractivity contribution < 1.29 is 4.79 Å². The minimum atomic E-state index is -0.395. The molecule has 3 aromatic rings. The van der Waals surface area contributed by atoms with E-state index in [0.29, 0.717) is 0 Å². The Morgan fingerprint density at radius 3 is 2.90 bits per heavy atom. The molecule has 0 aromatic carbocycles. The maximum absolute atomic E-state index is 12.0. The van der Waals surface area contributed by atoms with Gasteiger partial charge in [-0.05, 0) is 30.3 Å². The predicted molar refractivity (Wildman–Crippen MR) is 78.0 cm³/mol. The number of nitrogens with one attached hydrogen (secondary N) is 1. The summed E-state index contributed by atoms with van der Waals surface area (Å²) < 4.78 is 3.11. The Kier molecular flexibility index (Phi) is 3.27. The fraction of sp³-hybridized carbons (Fsp3) is 0.133. The number of rotatable bonds is 3. The molecule has 0 aliphatic carbocycles. The number of amides is 1. The van der Waals surface area contributed by atoms with Gasteiger partial charge in [-0.3, -0.25) is 9.59 Å². The lowest BCUT2D eigenvalue weighted by molar-refractivity contribution is 0.0948. The van der Waals surface area contributed by atoms with E-state index in [1.165, 1.54) is 10.6 Å². The monoisotopic (exact) mass is 282 g/mol. The van der Waals surface area contributed by atoms with Crippen molar-refractivity contribution in [3.63, 3.8) is 0 Å². The van der Waals surface area contributed by atoms with Crippen LogP contribution >= 0.6 is 0 Å². The van der Waals surface area contributed by atoms with Gasteiger partial charge in [-0.25, -0.2) is 4.52 Å². The topological polar surface area (TPSA) is 68.4 Å². The van der Waals surface area contributed by atoms with Crippen molar-refractivity contribution in [1.82, 2.24) is 19.5 Å². The number of nitrogens with zero attached hydrogens (tertiary/aromatic N) is 3. The normalized spacial score (nSPS) is 10.7. The Hall–Kier alpha value is -2.89. The highest BCUT2D eigenvalue weighted by Gasteiger charge is 2.11. The molecule has 0 spiro atoms. The van der Waals surface area contributed by atoms with E-state index in [4.69, 9.17) is 0 Å². The van der Waals surface area contributed by atoms with E-state index in [1.807, 2.05) is 30.5 Å². The van der Waals surface area contributed by atoms with E-state index < -0.39 is 5.91 Å². The van der Waals surface area contributed by atoms with Crippen LogP contribution in [0.1, 0.15) is 16.1 Å². The molecule has 21 heavy (non-hydrogen) atoms. The summed E-state index contributed by atoms with van der Waals surface area (Å²) in [7, 11) is 1.61. The van der Waals surface area contributed by atoms with Crippen LogP contribution in [0.2, 0.25) is 0 Å². The van der Waals surface area contributed by atoms with E-state index in [1.54, 1.807) is 23.8 Å². The summed E-state index contributed by atoms with van der Waals surface area (Å²) in [6, 6.07) is 10.8. The molecule has 0 saturated heterocycles. The first-order valence-corrected chi connectivity index (χ1v) is 6.52. The average molecular weight is 282 g/mol. The summed E-state index contributed by atoms with van der Waals surface area (Å²) in [4.78, 5) is 23.9. The number of carbonyl (C=O) groups is 1. The standard InChI is InChI=1S/C15H14N4O2/c1-18-7-4-6-13(15(18)21)14(20)16-10-11-9-12-5-2-3-8-19(12)17-11/h2-9H,10H2,1H3,(H,16,20). The highest BCUT2D eigenvalue weighted by molar-refractivity contribution is 5.93. The molecule has 0 radical (unpaired) electrons. The number of hydrogen-bond donors (Lipinski definition) is 1. The fourth-order valence-corrected chi connectivity index (χ4v) is 2.11. The van der Waals surface area contributed by atoms with E-state index in [2.05, 4.69) is 10.4 Å². The van der Waals surface area contributed by atoms with Crippen LogP contribution < -0.4 is 10.9 Å². The van der Waals surface area contributed by atoms with Crippen molar-refractivity contribution in [1.29, 1.82) is 0 Å². The SMILES string of the molecule is Cn1cccc(C(=O)NCc2cc3ccccn3n2)c1=O. The molecule has 0 unspecified atom stereocenters. The molecule has 6 nitrogen and oxygen atoms in total. The number of fused-ring (bicyclic) bond motifs is 1. The number of carbonyl (C=O) groups excluding carboxylic acids is 1. The van der Waals surface area contributed by atoms with E-state index in [-0.39, 0.29) is 17.7 Å². The molecule has 6 heteroatoms. The van der Waals surface area contributed by atoms with Crippen LogP contribution in [0.15, 0.2) is 53.6 Å². The second-order valence-electron chi connectivity index (χ2n) is 4.73. The van der Waals surface area contributed by atoms with E-state index in [9.17, 15) is 9.59 Å². The molecule has 0 aliphatic heterocycles. The highest BCUT2D eigenvalue weighted by atomic mass is 16.2. The van der Waals surface area contributed by atoms with Crippen LogP contribution in [0.4, 0.5) is 0 Å². The molecular weight excluding hydrogens is 268 g/mol. The molecular formula is C15H14N4O2. The number of aryl methyl sites for hydroxylation is 1. The molecule has 0 bridgehead atoms. The summed E-state index contributed by atoms with van der Waals surface area (Å²) in [5.41, 5.74) is 1.51. The Morgan fingerprint density at radius 1 is 1.24 bits per heavy atom. The first-order valence-electron chi connectivity index (χ1n) is 6.52. The first kappa shape index (κ1) is 13.1. The van der Waals surface area contributed by atoms with Gasteiger partial charge in [-0.2, -0.15) is 5.10 Å². The minimum absolute atomic E-state index is 0.128. The van der Waals surface area contributed by atoms with Gasteiger partial charge in [0.2, 0.25) is 0 Å². The van der Waals surface area contributed by atoms with Crippen molar-refractivity contribution >= 4 is 11.4 Å². The molecule has 0 atom stereocenters. The van der Waals surface area contributed by atoms with Gasteiger partial charge in [0.25, 0.3) is 11.5 Å². The third kappa shape index (κ3) is 2.55. The Morgan fingerprint density at radius 2 is 2.10 bits per heavy atom. The van der Waals surface area contributed by atoms with Gasteiger partial charge in [0.1, 0.15) is 5.56 Å². The molecule has 0 saturated carbocycles. The lowest BCUT2D eigenvalue weighted by atomic mass is 10.2. The molecule has 1 N–H and O–H groups in total. The third-order valence-electron chi connectivity index (χ3n) is 3.22. The van der Waals surface area contributed by atoms with Gasteiger partial charge in [0.05, 0.1) is 17.8 Å². The van der Waals surface area contributed by atoms with Crippen LogP contribution in [-0.4, -0.2) is 20.1 Å². The zero-order valence-corrected chi connectivity index (χ0v) is 11.5. The van der Waals surface area contributed by atoms with Gasteiger partial charge in [0, 0.05) is 19.4 Å². The van der Waals surface area contributed by atoms with Crippen LogP contribution in [0.5, 0.6) is 0 Å². The second-order valence-corrected chi connectivity index (χ2v) is 4.73. The molecule has 3 heterocycles. The molecule has 3 aromatic heterocycles. The Balaban J connectivity index is 1.76. The molecule has 1 amide bonds. The molecule has 0 fully saturated rings. The van der Waals surface area contributed by atoms with Crippen molar-refractivity contribution in [3.8, 4) is 0 Å². The molecule has 106 valence electrons. The van der Waals surface area contributed by atoms with E-state index in [0.717, 1.165) is 11.2 Å². The number of aromatic nitrogens is 3. The van der Waals surface area contributed by atoms with Crippen molar-refractivity contribution in [2.24, 2.45) is 7.05 Å². The van der Waals surface area contributed by atoms with Crippen LogP contribution in [0.3, 0.4) is 0 Å². The fourth-order valence-electron chi connectivity index (χ4n) is 2.11. The summed E-state index contributed by atoms with van der Waals surface area (Å²) in [5.74, 6) is -0.395. The third-order valence-corrected chi connectivity index (χ3v) is 3.22. The summed E-state index contributed by atoms with van der Waals surface area (Å²) >= 11 is 0. The number of pyridine rings is 2. The first-order chi connectivity index (χ1) is 10.1. The van der Waals surface area contributed by atoms with Crippen LogP contribution in [-0.2, 0) is 13.6 Å². The Labute approximate surface area is 120 Å². The summed E-state index contributed by atoms with van der Waals surface area (Å²) in [6.45, 7) is 0.276. The largest absolute Gasteiger partial charge is 0.346 e. The quantitative estimate of drug-likeness (QED) is 0.778. The van der Waals surface area contributed by atoms with Crippen LogP contribution in [0.25, 0.3) is 5.52 Å². The predicted octanol–water partition coefficient (Wildman–Crippen LogP) is 0.963. The second kappa shape index (κ2) is 5.24. The van der Waals surface area contributed by atoms with Gasteiger partial charge in [-0.15, -0.1) is 0 Å². The van der Waals surface area contributed by atoms with Crippen molar-refractivity contribution in [2.45, 2.75) is 6.54 Å². The lowest BCUT2D eigenvalue weighted by Crippen LogP contribution is -2.31.